The summed E-state index contributed by atoms with van der Waals surface area (Å²) >= 11 is 3.52. The molecule has 0 aliphatic rings. The van der Waals surface area contributed by atoms with Gasteiger partial charge in [-0.05, 0) is 16.2 Å². The van der Waals surface area contributed by atoms with Crippen molar-refractivity contribution in [3.8, 4) is 0 Å². The monoisotopic (exact) mass is 268 g/mol. The second kappa shape index (κ2) is 4.78. The number of halogens is 4. The first kappa shape index (κ1) is 12.7. The summed E-state index contributed by atoms with van der Waals surface area (Å²) in [6.45, 7) is -4.82. The van der Waals surface area contributed by atoms with Crippen LogP contribution in [-0.2, 0) is 0 Å². The van der Waals surface area contributed by atoms with Crippen molar-refractivity contribution in [2.75, 3.05) is 0 Å². The van der Waals surface area contributed by atoms with Crippen molar-refractivity contribution in [1.82, 2.24) is 0 Å². The van der Waals surface area contributed by atoms with Gasteiger partial charge in [-0.3, -0.25) is 0 Å². The Morgan fingerprint density at radius 1 is 1.36 bits per heavy atom. The van der Waals surface area contributed by atoms with Gasteiger partial charge in [-0.2, -0.15) is 11.3 Å². The van der Waals surface area contributed by atoms with E-state index in [-0.39, 0.29) is 55.9 Å². The van der Waals surface area contributed by atoms with Gasteiger partial charge < -0.3 is 12.9 Å². The van der Waals surface area contributed by atoms with Gasteiger partial charge in [0.05, 0.1) is 0 Å². The van der Waals surface area contributed by atoms with Crippen LogP contribution in [0.15, 0.2) is 15.9 Å². The quantitative estimate of drug-likeness (QED) is 0.607. The molecule has 0 bridgehead atoms. The van der Waals surface area contributed by atoms with E-state index in [0.717, 1.165) is 0 Å². The minimum Gasteiger partial charge on any atom is -0.444 e. The fourth-order valence-electron chi connectivity index (χ4n) is 0.539. The molecule has 0 spiro atoms. The van der Waals surface area contributed by atoms with Crippen molar-refractivity contribution in [1.29, 1.82) is 0 Å². The molecule has 1 aromatic heterocycles. The van der Waals surface area contributed by atoms with Gasteiger partial charge in [0.25, 0.3) is 0 Å². The normalized spacial score (nSPS) is 10.9. The fourth-order valence-corrected chi connectivity index (χ4v) is 2.07. The van der Waals surface area contributed by atoms with Crippen LogP contribution in [0.25, 0.3) is 0 Å². The topological polar surface area (TPSA) is 0 Å². The molecule has 0 unspecified atom stereocenters. The summed E-state index contributed by atoms with van der Waals surface area (Å²) in [5.74, 6) is 0. The minimum absolute atomic E-state index is 0. The van der Waals surface area contributed by atoms with Crippen LogP contribution in [0, 0.1) is 0 Å². The Bertz CT molecular complexity index is 235. The van der Waals surface area contributed by atoms with Crippen molar-refractivity contribution in [2.45, 2.75) is 0 Å². The van der Waals surface area contributed by atoms with E-state index in [9.17, 15) is 12.9 Å². The molecule has 0 N–H and O–H groups in total. The van der Waals surface area contributed by atoms with Crippen molar-refractivity contribution in [2.24, 2.45) is 0 Å². The Morgan fingerprint density at radius 3 is 2.09 bits per heavy atom. The number of thiophene rings is 1. The summed E-state index contributed by atoms with van der Waals surface area (Å²) in [6, 6.07) is 1.40. The molecule has 11 heavy (non-hydrogen) atoms. The summed E-state index contributed by atoms with van der Waals surface area (Å²) in [7, 11) is 0. The van der Waals surface area contributed by atoms with Gasteiger partial charge in [-0.15, -0.1) is 0 Å². The molecular formula is C4H2BBrF3KS. The standard InChI is InChI=1S/C4H2BBrF3S.K/c6-3-1-2-10-4(3)5(7,8)9;/h1-2H;/q-1;+1. The van der Waals surface area contributed by atoms with Crippen LogP contribution in [0.1, 0.15) is 0 Å². The maximum absolute atomic E-state index is 11.9. The molecule has 0 saturated carbocycles. The van der Waals surface area contributed by atoms with Crippen LogP contribution in [-0.4, -0.2) is 6.98 Å². The largest absolute Gasteiger partial charge is 1.00 e. The Morgan fingerprint density at radius 2 is 1.91 bits per heavy atom. The molecule has 1 rings (SSSR count). The van der Waals surface area contributed by atoms with Crippen molar-refractivity contribution < 1.29 is 64.3 Å². The maximum atomic E-state index is 11.9. The van der Waals surface area contributed by atoms with Crippen LogP contribution in [0.2, 0.25) is 0 Å². The van der Waals surface area contributed by atoms with E-state index in [2.05, 4.69) is 15.9 Å². The molecule has 1 aromatic rings. The van der Waals surface area contributed by atoms with Crippen molar-refractivity contribution in [3.05, 3.63) is 15.9 Å². The first-order valence-electron chi connectivity index (χ1n) is 2.44. The summed E-state index contributed by atoms with van der Waals surface area (Å²) in [5.41, 5.74) is 0. The predicted octanol–water partition coefficient (Wildman–Crippen LogP) is -0.431. The molecule has 1 heterocycles. The molecule has 0 aliphatic carbocycles. The average molecular weight is 269 g/mol. The third kappa shape index (κ3) is 3.50. The summed E-state index contributed by atoms with van der Waals surface area (Å²) in [6.07, 6.45) is 0. The zero-order valence-corrected chi connectivity index (χ0v) is 11.2. The van der Waals surface area contributed by atoms with Gasteiger partial charge in [0.15, 0.2) is 0 Å². The Hall–Kier alpha value is 1.67. The van der Waals surface area contributed by atoms with E-state index in [1.54, 1.807) is 0 Å². The van der Waals surface area contributed by atoms with Crippen molar-refractivity contribution in [3.63, 3.8) is 0 Å². The van der Waals surface area contributed by atoms with Gasteiger partial charge in [-0.1, -0.05) is 15.9 Å². The van der Waals surface area contributed by atoms with E-state index >= 15 is 0 Å². The molecule has 7 heteroatoms. The predicted molar refractivity (Wildman–Crippen MR) is 40.7 cm³/mol. The number of hydrogen-bond donors (Lipinski definition) is 0. The van der Waals surface area contributed by atoms with Gasteiger partial charge in [0, 0.05) is 4.47 Å². The number of hydrogen-bond acceptors (Lipinski definition) is 1. The van der Waals surface area contributed by atoms with E-state index in [4.69, 9.17) is 0 Å². The molecule has 0 fully saturated rings. The molecule has 0 saturated heterocycles. The summed E-state index contributed by atoms with van der Waals surface area (Å²) in [5, 5.41) is 1.41. The minimum atomic E-state index is -4.82. The fraction of sp³-hybridized carbons (Fsp3) is 0. The maximum Gasteiger partial charge on any atom is 1.00 e. The molecule has 0 aromatic carbocycles. The molecule has 0 nitrogen and oxygen atoms in total. The SMILES string of the molecule is F[B-](F)(F)c1sccc1Br.[K+]. The molecule has 0 amide bonds. The Balaban J connectivity index is 0.000001000. The zero-order valence-electron chi connectivity index (χ0n) is 5.65. The smallest absolute Gasteiger partial charge is 0.444 e. The summed E-state index contributed by atoms with van der Waals surface area (Å²) < 4.78 is 35.4. The van der Waals surface area contributed by atoms with Crippen LogP contribution >= 0.6 is 27.3 Å². The Kier molecular flexibility index (Phi) is 5.51. The van der Waals surface area contributed by atoms with Gasteiger partial charge in [0.1, 0.15) is 0 Å². The van der Waals surface area contributed by atoms with Gasteiger partial charge in [-0.25, -0.2) is 0 Å². The average Bonchev–Trinajstić information content (AvgIpc) is 2.11. The zero-order chi connectivity index (χ0) is 7.78. The first-order valence-corrected chi connectivity index (χ1v) is 4.12. The third-order valence-corrected chi connectivity index (χ3v) is 2.91. The van der Waals surface area contributed by atoms with Gasteiger partial charge >= 0.3 is 58.4 Å². The van der Waals surface area contributed by atoms with E-state index < -0.39 is 11.8 Å². The molecule has 0 aliphatic heterocycles. The first-order chi connectivity index (χ1) is 4.52. The van der Waals surface area contributed by atoms with Crippen molar-refractivity contribution >= 4 is 39.0 Å². The van der Waals surface area contributed by atoms with E-state index in [1.807, 2.05) is 0 Å². The van der Waals surface area contributed by atoms with Crippen LogP contribution in [0.3, 0.4) is 0 Å². The molecule has 0 atom stereocenters. The van der Waals surface area contributed by atoms with Gasteiger partial charge in [0.2, 0.25) is 0 Å². The molecular weight excluding hydrogens is 267 g/mol. The second-order valence-electron chi connectivity index (χ2n) is 1.71. The molecule has 0 radical (unpaired) electrons. The Labute approximate surface area is 117 Å². The summed E-state index contributed by atoms with van der Waals surface area (Å²) in [4.78, 5) is 0. The van der Waals surface area contributed by atoms with Crippen LogP contribution < -0.4 is 56.2 Å². The second-order valence-corrected chi connectivity index (χ2v) is 3.51. The van der Waals surface area contributed by atoms with Crippen LogP contribution in [0.4, 0.5) is 12.9 Å². The van der Waals surface area contributed by atoms with Crippen LogP contribution in [0.5, 0.6) is 0 Å². The molecule has 56 valence electrons. The van der Waals surface area contributed by atoms with E-state index in [0.29, 0.717) is 11.3 Å². The number of rotatable bonds is 1. The van der Waals surface area contributed by atoms with E-state index in [1.165, 1.54) is 11.4 Å². The third-order valence-electron chi connectivity index (χ3n) is 0.942.